The van der Waals surface area contributed by atoms with Crippen molar-refractivity contribution in [1.29, 1.82) is 0 Å². The lowest BCUT2D eigenvalue weighted by atomic mass is 10.2. The molecule has 1 aromatic carbocycles. The molecule has 0 saturated carbocycles. The van der Waals surface area contributed by atoms with Gasteiger partial charge < -0.3 is 0 Å². The van der Waals surface area contributed by atoms with E-state index in [1.807, 2.05) is 30.3 Å². The number of amides is 1. The first-order chi connectivity index (χ1) is 11.5. The highest BCUT2D eigenvalue weighted by Gasteiger charge is 2.27. The molecule has 1 aromatic heterocycles. The van der Waals surface area contributed by atoms with E-state index in [4.69, 9.17) is 0 Å². The lowest BCUT2D eigenvalue weighted by Crippen LogP contribution is -2.43. The lowest BCUT2D eigenvalue weighted by Gasteiger charge is -2.20. The number of nitrogens with one attached hydrogen (secondary N) is 1. The molecule has 0 atom stereocenters. The monoisotopic (exact) mass is 348 g/mol. The van der Waals surface area contributed by atoms with E-state index in [0.29, 0.717) is 5.56 Å². The first-order valence-electron chi connectivity index (χ1n) is 7.92. The van der Waals surface area contributed by atoms with E-state index < -0.39 is 16.1 Å². The Bertz CT molecular complexity index is 830. The highest BCUT2D eigenvalue weighted by molar-refractivity contribution is 7.87. The summed E-state index contributed by atoms with van der Waals surface area (Å²) >= 11 is 0. The molecule has 8 heteroatoms. The maximum absolute atomic E-state index is 12.5. The molecule has 3 rings (SSSR count). The Hall–Kier alpha value is -2.19. The van der Waals surface area contributed by atoms with Gasteiger partial charge in [0.2, 0.25) is 0 Å². The van der Waals surface area contributed by atoms with Crippen LogP contribution in [-0.4, -0.2) is 35.0 Å². The molecule has 0 spiro atoms. The number of fused-ring (bicyclic) bond motifs is 1. The van der Waals surface area contributed by atoms with Crippen molar-refractivity contribution in [3.05, 3.63) is 53.3 Å². The molecule has 2 heterocycles. The van der Waals surface area contributed by atoms with Crippen LogP contribution in [0.2, 0.25) is 0 Å². The Morgan fingerprint density at radius 3 is 2.79 bits per heavy atom. The molecule has 7 nitrogen and oxygen atoms in total. The minimum Gasteiger partial charge on any atom is -0.269 e. The summed E-state index contributed by atoms with van der Waals surface area (Å²) in [5, 5.41) is 4.13. The van der Waals surface area contributed by atoms with Crippen LogP contribution in [0, 0.1) is 0 Å². The summed E-state index contributed by atoms with van der Waals surface area (Å²) < 4.78 is 30.2. The molecule has 0 aliphatic carbocycles. The summed E-state index contributed by atoms with van der Waals surface area (Å²) in [6.45, 7) is 2.99. The average Bonchev–Trinajstić information content (AvgIpc) is 3.16. The van der Waals surface area contributed by atoms with Crippen LogP contribution in [0.1, 0.15) is 35.0 Å². The third-order valence-electron chi connectivity index (χ3n) is 4.09. The second-order valence-electron chi connectivity index (χ2n) is 5.68. The van der Waals surface area contributed by atoms with Gasteiger partial charge in [0.1, 0.15) is 0 Å². The van der Waals surface area contributed by atoms with E-state index in [0.717, 1.165) is 30.6 Å². The molecular weight excluding hydrogens is 328 g/mol. The van der Waals surface area contributed by atoms with Gasteiger partial charge in [-0.3, -0.25) is 9.48 Å². The average molecular weight is 348 g/mol. The van der Waals surface area contributed by atoms with Crippen LogP contribution in [0.5, 0.6) is 0 Å². The fraction of sp³-hybridized carbons (Fsp3) is 0.375. The quantitative estimate of drug-likeness (QED) is 0.853. The van der Waals surface area contributed by atoms with Gasteiger partial charge in [0, 0.05) is 19.6 Å². The van der Waals surface area contributed by atoms with E-state index in [1.54, 1.807) is 11.6 Å². The lowest BCUT2D eigenvalue weighted by molar-refractivity contribution is 0.0978. The SMILES string of the molecule is CCN(Cc1ccccc1)S(=O)(=O)NC(=O)c1cnn2c1CCC2. The van der Waals surface area contributed by atoms with Crippen LogP contribution in [0.3, 0.4) is 0 Å². The molecule has 0 bridgehead atoms. The third-order valence-corrected chi connectivity index (χ3v) is 5.60. The largest absolute Gasteiger partial charge is 0.304 e. The van der Waals surface area contributed by atoms with Crippen molar-refractivity contribution in [1.82, 2.24) is 18.8 Å². The molecule has 1 amide bonds. The number of carbonyl (C=O) groups is 1. The van der Waals surface area contributed by atoms with Crippen molar-refractivity contribution in [2.24, 2.45) is 0 Å². The summed E-state index contributed by atoms with van der Waals surface area (Å²) in [6, 6.07) is 9.28. The normalized spacial score (nSPS) is 13.9. The Morgan fingerprint density at radius 1 is 1.33 bits per heavy atom. The zero-order valence-corrected chi connectivity index (χ0v) is 14.3. The summed E-state index contributed by atoms with van der Waals surface area (Å²) in [5.74, 6) is -0.621. The van der Waals surface area contributed by atoms with E-state index in [-0.39, 0.29) is 13.1 Å². The molecule has 24 heavy (non-hydrogen) atoms. The van der Waals surface area contributed by atoms with Crippen LogP contribution in [0.15, 0.2) is 36.5 Å². The van der Waals surface area contributed by atoms with Crippen molar-refractivity contribution >= 4 is 16.1 Å². The highest BCUT2D eigenvalue weighted by Crippen LogP contribution is 2.18. The Kier molecular flexibility index (Phi) is 4.68. The van der Waals surface area contributed by atoms with E-state index in [9.17, 15) is 13.2 Å². The van der Waals surface area contributed by atoms with E-state index in [2.05, 4.69) is 9.82 Å². The van der Waals surface area contributed by atoms with Crippen molar-refractivity contribution in [2.45, 2.75) is 32.9 Å². The first-order valence-corrected chi connectivity index (χ1v) is 9.36. The van der Waals surface area contributed by atoms with Gasteiger partial charge in [-0.15, -0.1) is 0 Å². The Balaban J connectivity index is 1.75. The molecule has 1 aliphatic rings. The molecule has 0 fully saturated rings. The fourth-order valence-electron chi connectivity index (χ4n) is 2.84. The van der Waals surface area contributed by atoms with Crippen LogP contribution in [-0.2, 0) is 29.7 Å². The zero-order chi connectivity index (χ0) is 17.2. The summed E-state index contributed by atoms with van der Waals surface area (Å²) in [4.78, 5) is 12.4. The van der Waals surface area contributed by atoms with Crippen molar-refractivity contribution in [3.8, 4) is 0 Å². The minimum atomic E-state index is -3.92. The van der Waals surface area contributed by atoms with Crippen LogP contribution < -0.4 is 4.72 Å². The Morgan fingerprint density at radius 2 is 2.08 bits per heavy atom. The number of carbonyl (C=O) groups excluding carboxylic acids is 1. The number of aryl methyl sites for hydroxylation is 1. The molecule has 2 aromatic rings. The van der Waals surface area contributed by atoms with Gasteiger partial charge in [0.15, 0.2) is 0 Å². The van der Waals surface area contributed by atoms with Gasteiger partial charge >= 0.3 is 10.2 Å². The van der Waals surface area contributed by atoms with Crippen molar-refractivity contribution in [2.75, 3.05) is 6.54 Å². The maximum atomic E-state index is 12.5. The van der Waals surface area contributed by atoms with Gasteiger partial charge in [-0.25, -0.2) is 4.72 Å². The number of nitrogens with zero attached hydrogens (tertiary/aromatic N) is 3. The topological polar surface area (TPSA) is 84.3 Å². The van der Waals surface area contributed by atoms with Crippen molar-refractivity contribution in [3.63, 3.8) is 0 Å². The van der Waals surface area contributed by atoms with Gasteiger partial charge in [-0.05, 0) is 18.4 Å². The number of rotatable bonds is 6. The highest BCUT2D eigenvalue weighted by atomic mass is 32.2. The second kappa shape index (κ2) is 6.74. The smallest absolute Gasteiger partial charge is 0.269 e. The molecule has 1 aliphatic heterocycles. The van der Waals surface area contributed by atoms with Crippen LogP contribution in [0.4, 0.5) is 0 Å². The number of hydrogen-bond acceptors (Lipinski definition) is 4. The number of aromatic nitrogens is 2. The molecule has 128 valence electrons. The zero-order valence-electron chi connectivity index (χ0n) is 13.5. The predicted molar refractivity (Wildman–Crippen MR) is 89.5 cm³/mol. The summed E-state index contributed by atoms with van der Waals surface area (Å²) in [7, 11) is -3.92. The van der Waals surface area contributed by atoms with Gasteiger partial charge in [0.25, 0.3) is 5.91 Å². The summed E-state index contributed by atoms with van der Waals surface area (Å²) in [6.07, 6.45) is 3.10. The van der Waals surface area contributed by atoms with Gasteiger partial charge in [-0.1, -0.05) is 37.3 Å². The first kappa shape index (κ1) is 16.7. The van der Waals surface area contributed by atoms with Crippen molar-refractivity contribution < 1.29 is 13.2 Å². The standard InChI is InChI=1S/C16H20N4O3S/c1-2-19(12-13-7-4-3-5-8-13)24(22,23)18-16(21)14-11-17-20-10-6-9-15(14)20/h3-5,7-8,11H,2,6,9-10,12H2,1H3,(H,18,21). The minimum absolute atomic E-state index is 0.214. The Labute approximate surface area is 141 Å². The number of hydrogen-bond donors (Lipinski definition) is 1. The van der Waals surface area contributed by atoms with E-state index >= 15 is 0 Å². The molecule has 0 radical (unpaired) electrons. The third kappa shape index (κ3) is 3.34. The second-order valence-corrected chi connectivity index (χ2v) is 7.35. The molecular formula is C16H20N4O3S. The summed E-state index contributed by atoms with van der Waals surface area (Å²) in [5.41, 5.74) is 2.00. The van der Waals surface area contributed by atoms with Gasteiger partial charge in [-0.2, -0.15) is 17.8 Å². The molecule has 0 unspecified atom stereocenters. The number of benzene rings is 1. The molecule has 0 saturated heterocycles. The van der Waals surface area contributed by atoms with Gasteiger partial charge in [0.05, 0.1) is 17.5 Å². The fourth-order valence-corrected chi connectivity index (χ4v) is 3.98. The van der Waals surface area contributed by atoms with E-state index in [1.165, 1.54) is 10.5 Å². The molecule has 1 N–H and O–H groups in total. The maximum Gasteiger partial charge on any atom is 0.304 e. The van der Waals surface area contributed by atoms with Crippen LogP contribution >= 0.6 is 0 Å². The predicted octanol–water partition coefficient (Wildman–Crippen LogP) is 1.33. The van der Waals surface area contributed by atoms with Crippen LogP contribution in [0.25, 0.3) is 0 Å².